The number of aromatic nitrogens is 2. The molecule has 0 amide bonds. The molecule has 0 saturated carbocycles. The minimum absolute atomic E-state index is 0.0979. The summed E-state index contributed by atoms with van der Waals surface area (Å²) in [6.45, 7) is 2.10. The smallest absolute Gasteiger partial charge is 0.313 e. The summed E-state index contributed by atoms with van der Waals surface area (Å²) in [6, 6.07) is 4.35. The molecule has 0 spiro atoms. The van der Waals surface area contributed by atoms with Crippen LogP contribution in [0.3, 0.4) is 0 Å². The Kier molecular flexibility index (Phi) is 3.08. The highest BCUT2D eigenvalue weighted by Gasteiger charge is 2.12. The molecule has 0 aliphatic carbocycles. The van der Waals surface area contributed by atoms with Crippen molar-refractivity contribution in [2.45, 2.75) is 13.3 Å². The number of carbonyl (C=O) groups is 1. The van der Waals surface area contributed by atoms with E-state index >= 15 is 0 Å². The Hall–Kier alpha value is -1.91. The number of hydrogen-bond acceptors (Lipinski definition) is 3. The zero-order chi connectivity index (χ0) is 12.4. The molecule has 1 aromatic heterocycles. The quantitative estimate of drug-likeness (QED) is 0.763. The van der Waals surface area contributed by atoms with Crippen LogP contribution >= 0.6 is 0 Å². The summed E-state index contributed by atoms with van der Waals surface area (Å²) >= 11 is 0. The predicted octanol–water partition coefficient (Wildman–Crippen LogP) is 1.82. The normalized spacial score (nSPS) is 10.8. The minimum Gasteiger partial charge on any atom is -0.466 e. The Morgan fingerprint density at radius 1 is 1.53 bits per heavy atom. The van der Waals surface area contributed by atoms with E-state index in [1.54, 1.807) is 24.6 Å². The van der Waals surface area contributed by atoms with E-state index in [-0.39, 0.29) is 18.2 Å². The average Bonchev–Trinajstić information content (AvgIpc) is 2.57. The number of halogens is 1. The molecule has 90 valence electrons. The number of benzene rings is 1. The SMILES string of the molecule is CCOC(=O)Cc1nc2ccc(F)cc2n1C. The molecule has 0 saturated heterocycles. The molecule has 17 heavy (non-hydrogen) atoms. The van der Waals surface area contributed by atoms with Gasteiger partial charge >= 0.3 is 5.97 Å². The van der Waals surface area contributed by atoms with Gasteiger partial charge in [-0.25, -0.2) is 9.37 Å². The molecule has 0 atom stereocenters. The number of ether oxygens (including phenoxy) is 1. The van der Waals surface area contributed by atoms with Crippen LogP contribution in [0.1, 0.15) is 12.7 Å². The van der Waals surface area contributed by atoms with Crippen molar-refractivity contribution >= 4 is 17.0 Å². The van der Waals surface area contributed by atoms with E-state index in [1.165, 1.54) is 12.1 Å². The topological polar surface area (TPSA) is 44.1 Å². The number of nitrogens with zero attached hydrogens (tertiary/aromatic N) is 2. The van der Waals surface area contributed by atoms with Crippen LogP contribution in [0.2, 0.25) is 0 Å². The number of esters is 1. The Bertz CT molecular complexity index is 563. The fourth-order valence-electron chi connectivity index (χ4n) is 1.71. The fourth-order valence-corrected chi connectivity index (χ4v) is 1.71. The summed E-state index contributed by atoms with van der Waals surface area (Å²) in [6.07, 6.45) is 0.0979. The van der Waals surface area contributed by atoms with Gasteiger partial charge < -0.3 is 9.30 Å². The molecule has 2 rings (SSSR count). The maximum atomic E-state index is 13.1. The predicted molar refractivity (Wildman–Crippen MR) is 61.0 cm³/mol. The van der Waals surface area contributed by atoms with Crippen LogP contribution in [0, 0.1) is 5.82 Å². The highest BCUT2D eigenvalue weighted by molar-refractivity contribution is 5.78. The van der Waals surface area contributed by atoms with Crippen LogP contribution in [-0.4, -0.2) is 22.1 Å². The number of hydrogen-bond donors (Lipinski definition) is 0. The molecule has 0 aliphatic rings. The standard InChI is InChI=1S/C12H13FN2O2/c1-3-17-12(16)7-11-14-9-5-4-8(13)6-10(9)15(11)2/h4-6H,3,7H2,1-2H3. The first kappa shape index (κ1) is 11.6. The van der Waals surface area contributed by atoms with Gasteiger partial charge in [-0.05, 0) is 25.1 Å². The van der Waals surface area contributed by atoms with E-state index in [9.17, 15) is 9.18 Å². The minimum atomic E-state index is -0.327. The second-order valence-corrected chi connectivity index (χ2v) is 3.70. The molecule has 0 fully saturated rings. The van der Waals surface area contributed by atoms with Crippen molar-refractivity contribution in [3.63, 3.8) is 0 Å². The second-order valence-electron chi connectivity index (χ2n) is 3.70. The number of aryl methyl sites for hydroxylation is 1. The molecule has 5 heteroatoms. The van der Waals surface area contributed by atoms with Crippen molar-refractivity contribution in [3.05, 3.63) is 29.8 Å². The van der Waals surface area contributed by atoms with Gasteiger partial charge in [0.2, 0.25) is 0 Å². The van der Waals surface area contributed by atoms with Gasteiger partial charge in [0.05, 0.1) is 17.6 Å². The Balaban J connectivity index is 2.35. The Morgan fingerprint density at radius 3 is 3.00 bits per heavy atom. The van der Waals surface area contributed by atoms with Crippen molar-refractivity contribution < 1.29 is 13.9 Å². The van der Waals surface area contributed by atoms with Crippen molar-refractivity contribution in [2.24, 2.45) is 7.05 Å². The molecular formula is C12H13FN2O2. The van der Waals surface area contributed by atoms with Crippen LogP contribution < -0.4 is 0 Å². The van der Waals surface area contributed by atoms with E-state index in [0.717, 1.165) is 0 Å². The third-order valence-electron chi connectivity index (χ3n) is 2.54. The largest absolute Gasteiger partial charge is 0.466 e. The third kappa shape index (κ3) is 2.27. The number of carbonyl (C=O) groups excluding carboxylic acids is 1. The van der Waals surface area contributed by atoms with Crippen LogP contribution in [-0.2, 0) is 23.0 Å². The lowest BCUT2D eigenvalue weighted by atomic mass is 10.3. The van der Waals surface area contributed by atoms with Gasteiger partial charge in [-0.2, -0.15) is 0 Å². The molecular weight excluding hydrogens is 223 g/mol. The first-order valence-electron chi connectivity index (χ1n) is 5.38. The van der Waals surface area contributed by atoms with E-state index < -0.39 is 0 Å². The highest BCUT2D eigenvalue weighted by Crippen LogP contribution is 2.16. The van der Waals surface area contributed by atoms with Crippen LogP contribution in [0.25, 0.3) is 11.0 Å². The molecule has 0 bridgehead atoms. The molecule has 0 aliphatic heterocycles. The van der Waals surface area contributed by atoms with Crippen LogP contribution in [0.15, 0.2) is 18.2 Å². The van der Waals surface area contributed by atoms with Gasteiger partial charge in [-0.15, -0.1) is 0 Å². The lowest BCUT2D eigenvalue weighted by molar-refractivity contribution is -0.142. The van der Waals surface area contributed by atoms with E-state index in [4.69, 9.17) is 4.74 Å². The molecule has 2 aromatic rings. The van der Waals surface area contributed by atoms with Crippen LogP contribution in [0.4, 0.5) is 4.39 Å². The number of fused-ring (bicyclic) bond motifs is 1. The molecule has 1 aromatic carbocycles. The van der Waals surface area contributed by atoms with Gasteiger partial charge in [-0.1, -0.05) is 0 Å². The molecule has 0 radical (unpaired) electrons. The Labute approximate surface area is 98.0 Å². The maximum Gasteiger partial charge on any atom is 0.313 e. The zero-order valence-electron chi connectivity index (χ0n) is 9.74. The Morgan fingerprint density at radius 2 is 2.29 bits per heavy atom. The van der Waals surface area contributed by atoms with Gasteiger partial charge in [-0.3, -0.25) is 4.79 Å². The summed E-state index contributed by atoms with van der Waals surface area (Å²) in [7, 11) is 1.75. The lowest BCUT2D eigenvalue weighted by Gasteiger charge is -2.02. The van der Waals surface area contributed by atoms with Crippen molar-refractivity contribution in [2.75, 3.05) is 6.61 Å². The summed E-state index contributed by atoms with van der Waals surface area (Å²) < 4.78 is 19.6. The average molecular weight is 236 g/mol. The molecule has 4 nitrogen and oxygen atoms in total. The van der Waals surface area contributed by atoms with Crippen molar-refractivity contribution in [1.82, 2.24) is 9.55 Å². The number of rotatable bonds is 3. The van der Waals surface area contributed by atoms with Crippen molar-refractivity contribution in [1.29, 1.82) is 0 Å². The third-order valence-corrected chi connectivity index (χ3v) is 2.54. The first-order valence-corrected chi connectivity index (χ1v) is 5.38. The summed E-state index contributed by atoms with van der Waals surface area (Å²) in [5, 5.41) is 0. The summed E-state index contributed by atoms with van der Waals surface area (Å²) in [5.41, 5.74) is 1.34. The van der Waals surface area contributed by atoms with Gasteiger partial charge in [0.25, 0.3) is 0 Å². The van der Waals surface area contributed by atoms with Gasteiger partial charge in [0.15, 0.2) is 0 Å². The first-order chi connectivity index (χ1) is 8.11. The monoisotopic (exact) mass is 236 g/mol. The molecule has 1 heterocycles. The fraction of sp³-hybridized carbons (Fsp3) is 0.333. The highest BCUT2D eigenvalue weighted by atomic mass is 19.1. The van der Waals surface area contributed by atoms with E-state index in [1.807, 2.05) is 0 Å². The molecule has 0 unspecified atom stereocenters. The second kappa shape index (κ2) is 4.53. The van der Waals surface area contributed by atoms with Crippen molar-refractivity contribution in [3.8, 4) is 0 Å². The maximum absolute atomic E-state index is 13.1. The molecule has 0 N–H and O–H groups in total. The lowest BCUT2D eigenvalue weighted by Crippen LogP contribution is -2.11. The van der Waals surface area contributed by atoms with E-state index in [0.29, 0.717) is 23.5 Å². The number of imidazole rings is 1. The summed E-state index contributed by atoms with van der Waals surface area (Å²) in [4.78, 5) is 15.6. The van der Waals surface area contributed by atoms with Gasteiger partial charge in [0, 0.05) is 7.05 Å². The van der Waals surface area contributed by atoms with Gasteiger partial charge in [0.1, 0.15) is 18.1 Å². The van der Waals surface area contributed by atoms with E-state index in [2.05, 4.69) is 4.98 Å². The summed E-state index contributed by atoms with van der Waals surface area (Å²) in [5.74, 6) is -0.0707. The zero-order valence-corrected chi connectivity index (χ0v) is 9.74. The van der Waals surface area contributed by atoms with Crippen LogP contribution in [0.5, 0.6) is 0 Å².